The summed E-state index contributed by atoms with van der Waals surface area (Å²) < 4.78 is 42.7. The van der Waals surface area contributed by atoms with Crippen LogP contribution < -0.4 is 10.0 Å². The largest absolute Gasteiger partial charge is 0.379 e. The number of anilines is 2. The van der Waals surface area contributed by atoms with Gasteiger partial charge in [-0.15, -0.1) is 0 Å². The minimum absolute atomic E-state index is 0.0463. The van der Waals surface area contributed by atoms with E-state index in [0.29, 0.717) is 41.0 Å². The summed E-state index contributed by atoms with van der Waals surface area (Å²) in [6, 6.07) is 12.2. The molecule has 0 spiro atoms. The summed E-state index contributed by atoms with van der Waals surface area (Å²) in [6.45, 7) is 5.10. The topological polar surface area (TPSA) is 119 Å². The number of aromatic nitrogens is 4. The molecule has 0 fully saturated rings. The molecule has 4 aromatic rings. The fourth-order valence-corrected chi connectivity index (χ4v) is 4.75. The summed E-state index contributed by atoms with van der Waals surface area (Å²) in [4.78, 5) is 9.12. The minimum Gasteiger partial charge on any atom is -0.379 e. The van der Waals surface area contributed by atoms with Crippen LogP contribution in [0.15, 0.2) is 47.4 Å². The first-order valence-electron chi connectivity index (χ1n) is 9.80. The van der Waals surface area contributed by atoms with Crippen molar-refractivity contribution in [3.63, 3.8) is 0 Å². The van der Waals surface area contributed by atoms with E-state index >= 15 is 0 Å². The van der Waals surface area contributed by atoms with Crippen LogP contribution in [-0.4, -0.2) is 46.4 Å². The smallest absolute Gasteiger partial charge is 0.265 e. The van der Waals surface area contributed by atoms with Gasteiger partial charge in [0.05, 0.1) is 28.9 Å². The van der Waals surface area contributed by atoms with Crippen molar-refractivity contribution in [3.05, 3.63) is 42.5 Å². The van der Waals surface area contributed by atoms with Crippen molar-refractivity contribution in [1.29, 1.82) is 0 Å². The molecule has 31 heavy (non-hydrogen) atoms. The van der Waals surface area contributed by atoms with Crippen LogP contribution >= 0.6 is 11.7 Å². The first-order chi connectivity index (χ1) is 14.9. The fourth-order valence-electron chi connectivity index (χ4n) is 2.97. The molecule has 9 nitrogen and oxygen atoms in total. The molecule has 2 N–H and O–H groups in total. The zero-order chi connectivity index (χ0) is 21.8. The Bertz CT molecular complexity index is 1310. The lowest BCUT2D eigenvalue weighted by Crippen LogP contribution is -2.18. The van der Waals surface area contributed by atoms with Gasteiger partial charge in [0.1, 0.15) is 15.9 Å². The number of sulfonamides is 1. The minimum atomic E-state index is -3.96. The number of para-hydroxylation sites is 2. The third-order valence-corrected chi connectivity index (χ3v) is 6.32. The van der Waals surface area contributed by atoms with Crippen LogP contribution in [0.3, 0.4) is 0 Å². The van der Waals surface area contributed by atoms with Crippen molar-refractivity contribution in [1.82, 2.24) is 18.7 Å². The average molecular weight is 459 g/mol. The van der Waals surface area contributed by atoms with Crippen LogP contribution in [-0.2, 0) is 14.8 Å². The van der Waals surface area contributed by atoms with Gasteiger partial charge in [-0.25, -0.2) is 18.4 Å². The highest BCUT2D eigenvalue weighted by molar-refractivity contribution is 7.93. The lowest BCUT2D eigenvalue weighted by Gasteiger charge is -2.14. The molecule has 0 bridgehead atoms. The van der Waals surface area contributed by atoms with Gasteiger partial charge in [-0.3, -0.25) is 4.72 Å². The molecule has 0 amide bonds. The van der Waals surface area contributed by atoms with Gasteiger partial charge in [-0.2, -0.15) is 8.75 Å². The third-order valence-electron chi connectivity index (χ3n) is 4.40. The van der Waals surface area contributed by atoms with E-state index in [9.17, 15) is 8.42 Å². The molecule has 0 aliphatic rings. The van der Waals surface area contributed by atoms with Gasteiger partial charge in [-0.05, 0) is 44.5 Å². The molecule has 0 unspecified atom stereocenters. The van der Waals surface area contributed by atoms with E-state index in [1.54, 1.807) is 18.2 Å². The van der Waals surface area contributed by atoms with E-state index in [-0.39, 0.29) is 16.8 Å². The van der Waals surface area contributed by atoms with Gasteiger partial charge in [0.2, 0.25) is 0 Å². The van der Waals surface area contributed by atoms with Gasteiger partial charge in [-0.1, -0.05) is 18.2 Å². The molecule has 0 aliphatic heterocycles. The maximum absolute atomic E-state index is 13.2. The number of rotatable bonds is 9. The fraction of sp³-hybridized carbons (Fsp3) is 0.300. The Kier molecular flexibility index (Phi) is 6.25. The van der Waals surface area contributed by atoms with Gasteiger partial charge in [0, 0.05) is 13.2 Å². The maximum Gasteiger partial charge on any atom is 0.265 e. The van der Waals surface area contributed by atoms with Crippen LogP contribution in [0, 0.1) is 0 Å². The van der Waals surface area contributed by atoms with Crippen molar-refractivity contribution >= 4 is 55.5 Å². The van der Waals surface area contributed by atoms with E-state index in [4.69, 9.17) is 4.74 Å². The van der Waals surface area contributed by atoms with Crippen LogP contribution in [0.1, 0.15) is 20.3 Å². The van der Waals surface area contributed by atoms with Crippen molar-refractivity contribution < 1.29 is 13.2 Å². The molecular formula is C20H22N6O3S2. The standard InChI is InChI=1S/C20H22N6O3S2/c1-13(2)29-12-6-11-21-19-20(23-15-8-4-3-7-14(15)22-19)26-31(27,28)17-10-5-9-16-18(17)25-30-24-16/h3-5,7-10,13H,6,11-12H2,1-2H3,(H,21,22)(H,23,26). The van der Waals surface area contributed by atoms with Crippen LogP contribution in [0.4, 0.5) is 11.6 Å². The second-order valence-corrected chi connectivity index (χ2v) is 9.28. The zero-order valence-corrected chi connectivity index (χ0v) is 18.7. The SMILES string of the molecule is CC(C)OCCCNc1nc2ccccc2nc1NS(=O)(=O)c1cccc2nsnc12. The summed E-state index contributed by atoms with van der Waals surface area (Å²) >= 11 is 0.968. The number of benzene rings is 2. The Balaban J connectivity index is 1.64. The van der Waals surface area contributed by atoms with Gasteiger partial charge >= 0.3 is 0 Å². The van der Waals surface area contributed by atoms with Crippen LogP contribution in [0.5, 0.6) is 0 Å². The molecular weight excluding hydrogens is 436 g/mol. The summed E-state index contributed by atoms with van der Waals surface area (Å²) in [5.74, 6) is 0.485. The maximum atomic E-state index is 13.2. The molecule has 0 saturated heterocycles. The second-order valence-electron chi connectivity index (χ2n) is 7.10. The first-order valence-corrected chi connectivity index (χ1v) is 12.0. The number of fused-ring (bicyclic) bond motifs is 2. The highest BCUT2D eigenvalue weighted by atomic mass is 32.2. The lowest BCUT2D eigenvalue weighted by molar-refractivity contribution is 0.0787. The van der Waals surface area contributed by atoms with E-state index in [1.807, 2.05) is 32.0 Å². The number of nitrogens with zero attached hydrogens (tertiary/aromatic N) is 4. The Hall–Kier alpha value is -2.89. The molecule has 11 heteroatoms. The molecule has 4 rings (SSSR count). The van der Waals surface area contributed by atoms with Gasteiger partial charge < -0.3 is 10.1 Å². The third kappa shape index (κ3) is 4.89. The van der Waals surface area contributed by atoms with Gasteiger partial charge in [0.25, 0.3) is 10.0 Å². The molecule has 2 aromatic carbocycles. The number of hydrogen-bond acceptors (Lipinski definition) is 9. The normalized spacial score (nSPS) is 12.0. The molecule has 0 radical (unpaired) electrons. The summed E-state index contributed by atoms with van der Waals surface area (Å²) in [5, 5.41) is 3.18. The summed E-state index contributed by atoms with van der Waals surface area (Å²) in [5.41, 5.74) is 2.11. The highest BCUT2D eigenvalue weighted by Gasteiger charge is 2.22. The average Bonchev–Trinajstić information content (AvgIpc) is 3.22. The predicted octanol–water partition coefficient (Wildman–Crippen LogP) is 3.66. The highest BCUT2D eigenvalue weighted by Crippen LogP contribution is 2.27. The molecule has 0 saturated carbocycles. The van der Waals surface area contributed by atoms with Crippen LogP contribution in [0.25, 0.3) is 22.1 Å². The molecule has 2 heterocycles. The molecule has 0 aliphatic carbocycles. The first kappa shape index (κ1) is 21.3. The lowest BCUT2D eigenvalue weighted by atomic mass is 10.3. The summed E-state index contributed by atoms with van der Waals surface area (Å²) in [7, 11) is -3.96. The molecule has 0 atom stereocenters. The van der Waals surface area contributed by atoms with E-state index in [0.717, 1.165) is 18.1 Å². The van der Waals surface area contributed by atoms with Crippen molar-refractivity contribution in [3.8, 4) is 0 Å². The van der Waals surface area contributed by atoms with E-state index in [1.165, 1.54) is 6.07 Å². The Morgan fingerprint density at radius 2 is 1.68 bits per heavy atom. The monoisotopic (exact) mass is 458 g/mol. The molecule has 162 valence electrons. The van der Waals surface area contributed by atoms with Crippen molar-refractivity contribution in [2.45, 2.75) is 31.3 Å². The zero-order valence-electron chi connectivity index (χ0n) is 17.1. The quantitative estimate of drug-likeness (QED) is 0.365. The van der Waals surface area contributed by atoms with E-state index < -0.39 is 10.0 Å². The van der Waals surface area contributed by atoms with Gasteiger partial charge in [0.15, 0.2) is 11.6 Å². The van der Waals surface area contributed by atoms with E-state index in [2.05, 4.69) is 28.8 Å². The Morgan fingerprint density at radius 1 is 0.968 bits per heavy atom. The second kappa shape index (κ2) is 9.08. The summed E-state index contributed by atoms with van der Waals surface area (Å²) in [6.07, 6.45) is 0.897. The van der Waals surface area contributed by atoms with Crippen molar-refractivity contribution in [2.75, 3.05) is 23.2 Å². The van der Waals surface area contributed by atoms with Crippen LogP contribution in [0.2, 0.25) is 0 Å². The number of nitrogens with one attached hydrogen (secondary N) is 2. The Labute approximate surface area is 184 Å². The van der Waals surface area contributed by atoms with Crippen molar-refractivity contribution in [2.24, 2.45) is 0 Å². The number of hydrogen-bond donors (Lipinski definition) is 2. The molecule has 2 aromatic heterocycles. The predicted molar refractivity (Wildman–Crippen MR) is 122 cm³/mol. The number of ether oxygens (including phenoxy) is 1. The Morgan fingerprint density at radius 3 is 2.42 bits per heavy atom.